The molecule has 0 aliphatic heterocycles. The summed E-state index contributed by atoms with van der Waals surface area (Å²) in [6.45, 7) is 2.71. The first kappa shape index (κ1) is 12.5. The molecule has 1 N–H and O–H groups in total. The number of benzene rings is 1. The molecule has 0 saturated heterocycles. The highest BCUT2D eigenvalue weighted by Gasteiger charge is 2.12. The lowest BCUT2D eigenvalue weighted by atomic mass is 10.2. The molecule has 18 heavy (non-hydrogen) atoms. The topological polar surface area (TPSA) is 64.9 Å². The minimum Gasteiger partial charge on any atom is -0.383 e. The van der Waals surface area contributed by atoms with E-state index < -0.39 is 0 Å². The summed E-state index contributed by atoms with van der Waals surface area (Å²) in [5, 5.41) is 15.0. The van der Waals surface area contributed by atoms with Crippen molar-refractivity contribution in [1.29, 1.82) is 0 Å². The van der Waals surface area contributed by atoms with E-state index in [2.05, 4.69) is 27.8 Å². The van der Waals surface area contributed by atoms with Gasteiger partial charge in [0.15, 0.2) is 0 Å². The SMILES string of the molecule is CCC(COC)Nc1nnnn1-c1ccccc1. The Balaban J connectivity index is 2.18. The molecular weight excluding hydrogens is 230 g/mol. The lowest BCUT2D eigenvalue weighted by Gasteiger charge is -2.16. The lowest BCUT2D eigenvalue weighted by molar-refractivity contribution is 0.184. The second-order valence-corrected chi connectivity index (χ2v) is 3.95. The Labute approximate surface area is 106 Å². The van der Waals surface area contributed by atoms with Gasteiger partial charge in [0.1, 0.15) is 0 Å². The van der Waals surface area contributed by atoms with Gasteiger partial charge in [-0.2, -0.15) is 4.68 Å². The van der Waals surface area contributed by atoms with Crippen LogP contribution in [0.25, 0.3) is 5.69 Å². The molecule has 1 aromatic heterocycles. The summed E-state index contributed by atoms with van der Waals surface area (Å²) in [6.07, 6.45) is 0.940. The molecule has 2 rings (SSSR count). The van der Waals surface area contributed by atoms with E-state index in [0.717, 1.165) is 12.1 Å². The number of rotatable bonds is 6. The first-order valence-electron chi connectivity index (χ1n) is 5.94. The molecule has 6 nitrogen and oxygen atoms in total. The van der Waals surface area contributed by atoms with Gasteiger partial charge in [0.2, 0.25) is 5.95 Å². The number of para-hydroxylation sites is 1. The van der Waals surface area contributed by atoms with E-state index in [9.17, 15) is 0 Å². The normalized spacial score (nSPS) is 12.3. The van der Waals surface area contributed by atoms with Crippen molar-refractivity contribution < 1.29 is 4.74 Å². The quantitative estimate of drug-likeness (QED) is 0.838. The molecule has 1 unspecified atom stereocenters. The Kier molecular flexibility index (Phi) is 4.25. The summed E-state index contributed by atoms with van der Waals surface area (Å²) in [4.78, 5) is 0. The standard InChI is InChI=1S/C12H17N5O/c1-3-10(9-18-2)13-12-14-15-16-17(12)11-7-5-4-6-8-11/h4-8,10H,3,9H2,1-2H3,(H,13,14,16). The number of aromatic nitrogens is 4. The third kappa shape index (κ3) is 2.84. The third-order valence-electron chi connectivity index (χ3n) is 2.66. The van der Waals surface area contributed by atoms with Crippen molar-refractivity contribution in [2.75, 3.05) is 19.0 Å². The fourth-order valence-electron chi connectivity index (χ4n) is 1.67. The van der Waals surface area contributed by atoms with E-state index in [-0.39, 0.29) is 6.04 Å². The van der Waals surface area contributed by atoms with E-state index >= 15 is 0 Å². The van der Waals surface area contributed by atoms with Crippen molar-refractivity contribution in [2.24, 2.45) is 0 Å². The fraction of sp³-hybridized carbons (Fsp3) is 0.417. The van der Waals surface area contributed by atoms with Crippen molar-refractivity contribution in [1.82, 2.24) is 20.2 Å². The van der Waals surface area contributed by atoms with Crippen LogP contribution in [0.2, 0.25) is 0 Å². The molecule has 0 saturated carbocycles. The van der Waals surface area contributed by atoms with Crippen LogP contribution in [0.3, 0.4) is 0 Å². The van der Waals surface area contributed by atoms with Crippen molar-refractivity contribution in [3.8, 4) is 5.69 Å². The lowest BCUT2D eigenvalue weighted by Crippen LogP contribution is -2.25. The molecule has 2 aromatic rings. The van der Waals surface area contributed by atoms with Crippen molar-refractivity contribution in [2.45, 2.75) is 19.4 Å². The molecule has 96 valence electrons. The van der Waals surface area contributed by atoms with Crippen LogP contribution in [0.5, 0.6) is 0 Å². The molecule has 0 amide bonds. The van der Waals surface area contributed by atoms with Gasteiger partial charge in [-0.05, 0) is 29.0 Å². The fourth-order valence-corrected chi connectivity index (χ4v) is 1.67. The first-order valence-corrected chi connectivity index (χ1v) is 5.94. The van der Waals surface area contributed by atoms with Crippen LogP contribution in [0, 0.1) is 0 Å². The largest absolute Gasteiger partial charge is 0.383 e. The van der Waals surface area contributed by atoms with Gasteiger partial charge in [-0.15, -0.1) is 0 Å². The van der Waals surface area contributed by atoms with Gasteiger partial charge in [-0.25, -0.2) is 0 Å². The Morgan fingerprint density at radius 1 is 1.33 bits per heavy atom. The maximum absolute atomic E-state index is 5.15. The van der Waals surface area contributed by atoms with Crippen molar-refractivity contribution in [3.63, 3.8) is 0 Å². The second-order valence-electron chi connectivity index (χ2n) is 3.95. The van der Waals surface area contributed by atoms with Crippen LogP contribution in [-0.4, -0.2) is 40.0 Å². The predicted molar refractivity (Wildman–Crippen MR) is 68.7 cm³/mol. The van der Waals surface area contributed by atoms with Gasteiger partial charge >= 0.3 is 0 Å². The molecule has 1 heterocycles. The highest BCUT2D eigenvalue weighted by atomic mass is 16.5. The molecular formula is C12H17N5O. The summed E-state index contributed by atoms with van der Waals surface area (Å²) in [5.74, 6) is 0.630. The van der Waals surface area contributed by atoms with Crippen LogP contribution in [0.4, 0.5) is 5.95 Å². The molecule has 0 fully saturated rings. The Morgan fingerprint density at radius 2 is 2.11 bits per heavy atom. The number of hydrogen-bond acceptors (Lipinski definition) is 5. The summed E-state index contributed by atoms with van der Waals surface area (Å²) >= 11 is 0. The highest BCUT2D eigenvalue weighted by Crippen LogP contribution is 2.12. The molecule has 1 atom stereocenters. The number of methoxy groups -OCH3 is 1. The van der Waals surface area contributed by atoms with E-state index in [1.54, 1.807) is 11.8 Å². The maximum Gasteiger partial charge on any atom is 0.248 e. The summed E-state index contributed by atoms with van der Waals surface area (Å²) in [5.41, 5.74) is 0.928. The Bertz CT molecular complexity index is 470. The highest BCUT2D eigenvalue weighted by molar-refractivity contribution is 5.38. The zero-order valence-corrected chi connectivity index (χ0v) is 10.6. The second kappa shape index (κ2) is 6.11. The smallest absolute Gasteiger partial charge is 0.248 e. The zero-order valence-electron chi connectivity index (χ0n) is 10.6. The molecule has 6 heteroatoms. The van der Waals surface area contributed by atoms with Gasteiger partial charge in [0, 0.05) is 7.11 Å². The van der Waals surface area contributed by atoms with Gasteiger partial charge in [0.05, 0.1) is 18.3 Å². The maximum atomic E-state index is 5.15. The number of nitrogens with one attached hydrogen (secondary N) is 1. The van der Waals surface area contributed by atoms with Crippen molar-refractivity contribution in [3.05, 3.63) is 30.3 Å². The molecule has 0 aliphatic rings. The number of ether oxygens (including phenoxy) is 1. The van der Waals surface area contributed by atoms with Crippen LogP contribution < -0.4 is 5.32 Å². The summed E-state index contributed by atoms with van der Waals surface area (Å²) in [6, 6.07) is 9.97. The average molecular weight is 247 g/mol. The zero-order chi connectivity index (χ0) is 12.8. The van der Waals surface area contributed by atoms with Gasteiger partial charge in [-0.1, -0.05) is 30.2 Å². The number of hydrogen-bond donors (Lipinski definition) is 1. The molecule has 0 spiro atoms. The van der Waals surface area contributed by atoms with Crippen LogP contribution in [0.15, 0.2) is 30.3 Å². The number of anilines is 1. The average Bonchev–Trinajstić information content (AvgIpc) is 2.87. The summed E-state index contributed by atoms with van der Waals surface area (Å²) < 4.78 is 6.83. The van der Waals surface area contributed by atoms with Gasteiger partial charge in [-0.3, -0.25) is 0 Å². The minimum atomic E-state index is 0.198. The van der Waals surface area contributed by atoms with Crippen LogP contribution in [0.1, 0.15) is 13.3 Å². The third-order valence-corrected chi connectivity index (χ3v) is 2.66. The first-order chi connectivity index (χ1) is 8.85. The van der Waals surface area contributed by atoms with Gasteiger partial charge < -0.3 is 10.1 Å². The number of tetrazole rings is 1. The van der Waals surface area contributed by atoms with E-state index in [0.29, 0.717) is 12.6 Å². The monoisotopic (exact) mass is 247 g/mol. The molecule has 1 aromatic carbocycles. The van der Waals surface area contributed by atoms with E-state index in [4.69, 9.17) is 4.74 Å². The summed E-state index contributed by atoms with van der Waals surface area (Å²) in [7, 11) is 1.69. The Morgan fingerprint density at radius 3 is 2.78 bits per heavy atom. The van der Waals surface area contributed by atoms with Crippen LogP contribution in [-0.2, 0) is 4.74 Å². The minimum absolute atomic E-state index is 0.198. The molecule has 0 radical (unpaired) electrons. The van der Waals surface area contributed by atoms with Gasteiger partial charge in [0.25, 0.3) is 0 Å². The van der Waals surface area contributed by atoms with E-state index in [1.165, 1.54) is 0 Å². The molecule has 0 bridgehead atoms. The van der Waals surface area contributed by atoms with Crippen molar-refractivity contribution >= 4 is 5.95 Å². The van der Waals surface area contributed by atoms with E-state index in [1.807, 2.05) is 30.3 Å². The number of nitrogens with zero attached hydrogens (tertiary/aromatic N) is 4. The van der Waals surface area contributed by atoms with Crippen LogP contribution >= 0.6 is 0 Å². The predicted octanol–water partition coefficient (Wildman–Crippen LogP) is 1.50. The molecule has 0 aliphatic carbocycles. The Hall–Kier alpha value is -1.95.